The first-order valence-electron chi connectivity index (χ1n) is 10.0. The summed E-state index contributed by atoms with van der Waals surface area (Å²) in [6.45, 7) is 2.78. The van der Waals surface area contributed by atoms with Crippen molar-refractivity contribution in [3.8, 4) is 5.69 Å². The second-order valence-corrected chi connectivity index (χ2v) is 8.02. The van der Waals surface area contributed by atoms with Crippen LogP contribution in [0.2, 0.25) is 0 Å². The van der Waals surface area contributed by atoms with Crippen molar-refractivity contribution in [2.24, 2.45) is 0 Å². The van der Waals surface area contributed by atoms with Crippen LogP contribution in [-0.2, 0) is 4.79 Å². The Morgan fingerprint density at radius 3 is 2.89 bits per heavy atom. The van der Waals surface area contributed by atoms with Crippen molar-refractivity contribution in [2.75, 3.05) is 12.3 Å². The minimum atomic E-state index is -0.0689. The highest BCUT2D eigenvalue weighted by Gasteiger charge is 2.18. The highest BCUT2D eigenvalue weighted by atomic mass is 32.2. The third-order valence-electron chi connectivity index (χ3n) is 4.86. The van der Waals surface area contributed by atoms with E-state index in [1.54, 1.807) is 6.20 Å². The molecule has 0 saturated heterocycles. The van der Waals surface area contributed by atoms with Gasteiger partial charge in [-0.25, -0.2) is 4.98 Å². The Morgan fingerprint density at radius 2 is 2.11 bits per heavy atom. The van der Waals surface area contributed by atoms with Gasteiger partial charge in [-0.15, -0.1) is 0 Å². The van der Waals surface area contributed by atoms with E-state index < -0.39 is 0 Å². The highest BCUT2D eigenvalue weighted by Crippen LogP contribution is 2.22. The lowest BCUT2D eigenvalue weighted by Crippen LogP contribution is -2.33. The van der Waals surface area contributed by atoms with Crippen LogP contribution in [0.15, 0.2) is 41.8 Å². The molecule has 7 heteroatoms. The van der Waals surface area contributed by atoms with Gasteiger partial charge in [-0.3, -0.25) is 14.2 Å². The molecule has 0 atom stereocenters. The quantitative estimate of drug-likeness (QED) is 0.499. The first-order chi connectivity index (χ1) is 13.7. The third-order valence-corrected chi connectivity index (χ3v) is 5.83. The predicted octanol–water partition coefficient (Wildman–Crippen LogP) is 3.55. The summed E-state index contributed by atoms with van der Waals surface area (Å²) in [6, 6.07) is 7.80. The van der Waals surface area contributed by atoms with Gasteiger partial charge in [-0.2, -0.15) is 0 Å². The van der Waals surface area contributed by atoms with Crippen molar-refractivity contribution >= 4 is 23.6 Å². The molecule has 1 aromatic heterocycles. The number of hydrogen-bond acceptors (Lipinski definition) is 4. The van der Waals surface area contributed by atoms with E-state index in [0.29, 0.717) is 23.9 Å². The van der Waals surface area contributed by atoms with Crippen LogP contribution < -0.4 is 10.6 Å². The van der Waals surface area contributed by atoms with E-state index in [9.17, 15) is 9.59 Å². The molecule has 28 heavy (non-hydrogen) atoms. The van der Waals surface area contributed by atoms with E-state index in [0.717, 1.165) is 36.5 Å². The zero-order valence-electron chi connectivity index (χ0n) is 16.3. The average molecular weight is 401 g/mol. The molecule has 0 aliphatic heterocycles. The second kappa shape index (κ2) is 10.3. The molecule has 1 aliphatic rings. The molecule has 0 radical (unpaired) electrons. The van der Waals surface area contributed by atoms with Gasteiger partial charge in [0.05, 0.1) is 5.75 Å². The maximum atomic E-state index is 12.3. The summed E-state index contributed by atoms with van der Waals surface area (Å²) in [5.74, 6) is 0.320. The standard InChI is InChI=1S/C21H28N4O2S/c1-2-3-11-22-20(27)16-7-6-10-18(14-16)25-13-12-23-21(25)28-15-19(26)24-17-8-4-5-9-17/h6-7,10,12-14,17H,2-5,8-9,11,15H2,1H3,(H,22,27)(H,24,26). The van der Waals surface area contributed by atoms with E-state index in [4.69, 9.17) is 0 Å². The Bertz CT molecular complexity index is 799. The number of nitrogens with one attached hydrogen (secondary N) is 2. The number of nitrogens with zero attached hydrogens (tertiary/aromatic N) is 2. The predicted molar refractivity (Wildman–Crippen MR) is 112 cm³/mol. The highest BCUT2D eigenvalue weighted by molar-refractivity contribution is 7.99. The smallest absolute Gasteiger partial charge is 0.251 e. The number of unbranched alkanes of at least 4 members (excludes halogenated alkanes) is 1. The van der Waals surface area contributed by atoms with Crippen molar-refractivity contribution in [1.82, 2.24) is 20.2 Å². The number of benzene rings is 1. The Kier molecular flexibility index (Phi) is 7.54. The van der Waals surface area contributed by atoms with Crippen LogP contribution in [0.25, 0.3) is 5.69 Å². The van der Waals surface area contributed by atoms with E-state index in [2.05, 4.69) is 22.5 Å². The van der Waals surface area contributed by atoms with E-state index in [1.165, 1.54) is 24.6 Å². The molecular weight excluding hydrogens is 372 g/mol. The first kappa shape index (κ1) is 20.5. The minimum absolute atomic E-state index is 0.0514. The number of thioether (sulfide) groups is 1. The summed E-state index contributed by atoms with van der Waals surface area (Å²) in [6.07, 6.45) is 10.1. The number of rotatable bonds is 9. The number of aromatic nitrogens is 2. The first-order valence-corrected chi connectivity index (χ1v) is 11.0. The molecule has 1 aliphatic carbocycles. The van der Waals surface area contributed by atoms with Crippen LogP contribution in [0.1, 0.15) is 55.8 Å². The molecule has 1 aromatic carbocycles. The number of carbonyl (C=O) groups excluding carboxylic acids is 2. The topological polar surface area (TPSA) is 76.0 Å². The van der Waals surface area contributed by atoms with Gasteiger partial charge in [-0.05, 0) is 37.5 Å². The fourth-order valence-corrected chi connectivity index (χ4v) is 4.12. The summed E-state index contributed by atoms with van der Waals surface area (Å²) < 4.78 is 1.91. The fourth-order valence-electron chi connectivity index (χ4n) is 3.34. The molecule has 2 N–H and O–H groups in total. The third kappa shape index (κ3) is 5.61. The Balaban J connectivity index is 1.61. The maximum Gasteiger partial charge on any atom is 0.251 e. The molecular formula is C21H28N4O2S. The largest absolute Gasteiger partial charge is 0.353 e. The molecule has 0 bridgehead atoms. The maximum absolute atomic E-state index is 12.3. The van der Waals surface area contributed by atoms with E-state index in [-0.39, 0.29) is 11.8 Å². The molecule has 3 rings (SSSR count). The average Bonchev–Trinajstić information content (AvgIpc) is 3.38. The number of amides is 2. The molecule has 2 amide bonds. The zero-order chi connectivity index (χ0) is 19.8. The molecule has 2 aromatic rings. The lowest BCUT2D eigenvalue weighted by atomic mass is 10.2. The van der Waals surface area contributed by atoms with Gasteiger partial charge in [0.2, 0.25) is 5.91 Å². The minimum Gasteiger partial charge on any atom is -0.353 e. The van der Waals surface area contributed by atoms with Gasteiger partial charge in [0, 0.05) is 36.2 Å². The lowest BCUT2D eigenvalue weighted by Gasteiger charge is -2.12. The summed E-state index contributed by atoms with van der Waals surface area (Å²) >= 11 is 1.41. The lowest BCUT2D eigenvalue weighted by molar-refractivity contribution is -0.119. The van der Waals surface area contributed by atoms with Gasteiger partial charge in [0.15, 0.2) is 5.16 Å². The van der Waals surface area contributed by atoms with E-state index in [1.807, 2.05) is 35.0 Å². The van der Waals surface area contributed by atoms with Crippen molar-refractivity contribution in [2.45, 2.75) is 56.6 Å². The summed E-state index contributed by atoms with van der Waals surface area (Å²) in [5.41, 5.74) is 1.48. The summed E-state index contributed by atoms with van der Waals surface area (Å²) in [7, 11) is 0. The summed E-state index contributed by atoms with van der Waals surface area (Å²) in [4.78, 5) is 28.9. The van der Waals surface area contributed by atoms with Crippen molar-refractivity contribution in [3.05, 3.63) is 42.2 Å². The molecule has 1 fully saturated rings. The summed E-state index contributed by atoms with van der Waals surface area (Å²) in [5, 5.41) is 6.78. The van der Waals surface area contributed by atoms with Crippen molar-refractivity contribution in [1.29, 1.82) is 0 Å². The van der Waals surface area contributed by atoms with Gasteiger partial charge in [0.25, 0.3) is 5.91 Å². The zero-order valence-corrected chi connectivity index (χ0v) is 17.1. The molecule has 150 valence electrons. The normalized spacial score (nSPS) is 14.2. The van der Waals surface area contributed by atoms with Crippen LogP contribution in [0.4, 0.5) is 0 Å². The monoisotopic (exact) mass is 400 g/mol. The Labute approximate surface area is 170 Å². The van der Waals surface area contributed by atoms with Crippen molar-refractivity contribution < 1.29 is 9.59 Å². The number of carbonyl (C=O) groups is 2. The molecule has 6 nitrogen and oxygen atoms in total. The number of imidazole rings is 1. The molecule has 1 saturated carbocycles. The van der Waals surface area contributed by atoms with Gasteiger partial charge in [0.1, 0.15) is 0 Å². The molecule has 0 unspecified atom stereocenters. The second-order valence-electron chi connectivity index (χ2n) is 7.08. The van der Waals surface area contributed by atoms with E-state index >= 15 is 0 Å². The fraction of sp³-hybridized carbons (Fsp3) is 0.476. The van der Waals surface area contributed by atoms with Crippen LogP contribution in [0.5, 0.6) is 0 Å². The van der Waals surface area contributed by atoms with Crippen LogP contribution in [0.3, 0.4) is 0 Å². The van der Waals surface area contributed by atoms with Crippen LogP contribution in [0, 0.1) is 0 Å². The molecule has 1 heterocycles. The number of hydrogen-bond donors (Lipinski definition) is 2. The van der Waals surface area contributed by atoms with Gasteiger partial charge in [-0.1, -0.05) is 44.0 Å². The Morgan fingerprint density at radius 1 is 1.29 bits per heavy atom. The van der Waals surface area contributed by atoms with Crippen LogP contribution in [-0.4, -0.2) is 39.7 Å². The van der Waals surface area contributed by atoms with Gasteiger partial charge < -0.3 is 10.6 Å². The molecule has 0 spiro atoms. The SMILES string of the molecule is CCCCNC(=O)c1cccc(-n2ccnc2SCC(=O)NC2CCCC2)c1. The Hall–Kier alpha value is -2.28. The van der Waals surface area contributed by atoms with Gasteiger partial charge >= 0.3 is 0 Å². The van der Waals surface area contributed by atoms with Crippen molar-refractivity contribution in [3.63, 3.8) is 0 Å². The van der Waals surface area contributed by atoms with Crippen LogP contribution >= 0.6 is 11.8 Å².